The maximum atomic E-state index is 12.8. The Morgan fingerprint density at radius 2 is 2.06 bits per heavy atom. The summed E-state index contributed by atoms with van der Waals surface area (Å²) >= 11 is 0. The molecule has 0 bridgehead atoms. The van der Waals surface area contributed by atoms with Crippen LogP contribution in [-0.2, 0) is 4.79 Å². The number of hydrogen-bond donors (Lipinski definition) is 2. The molecule has 0 radical (unpaired) electrons. The summed E-state index contributed by atoms with van der Waals surface area (Å²) in [5.41, 5.74) is -2.06. The van der Waals surface area contributed by atoms with Crippen LogP contribution < -0.4 is 5.32 Å². The standard InChI is InChI=1S/C9H13F2N3O2/c1-9(2,5(4-12)14-16)6(7(10)11)8(15)13-3/h6-7,16H,1-3H3,(H,13,15). The summed E-state index contributed by atoms with van der Waals surface area (Å²) < 4.78 is 25.5. The Morgan fingerprint density at radius 3 is 2.31 bits per heavy atom. The average molecular weight is 233 g/mol. The zero-order valence-electron chi connectivity index (χ0n) is 9.16. The van der Waals surface area contributed by atoms with Crippen molar-refractivity contribution in [2.45, 2.75) is 20.3 Å². The molecule has 1 atom stereocenters. The van der Waals surface area contributed by atoms with E-state index in [1.165, 1.54) is 27.0 Å². The van der Waals surface area contributed by atoms with Gasteiger partial charge in [-0.25, -0.2) is 8.78 Å². The molecule has 0 aliphatic carbocycles. The van der Waals surface area contributed by atoms with Crippen LogP contribution in [0.3, 0.4) is 0 Å². The Morgan fingerprint density at radius 1 is 1.56 bits per heavy atom. The fraction of sp³-hybridized carbons (Fsp3) is 0.667. The molecule has 0 saturated heterocycles. The summed E-state index contributed by atoms with van der Waals surface area (Å²) in [7, 11) is 1.22. The van der Waals surface area contributed by atoms with E-state index in [1.807, 2.05) is 0 Å². The number of nitrogens with zero attached hydrogens (tertiary/aromatic N) is 2. The predicted molar refractivity (Wildman–Crippen MR) is 52.2 cm³/mol. The van der Waals surface area contributed by atoms with Crippen LogP contribution in [0.4, 0.5) is 8.78 Å². The number of nitriles is 1. The van der Waals surface area contributed by atoms with Crippen LogP contribution in [0, 0.1) is 22.7 Å². The highest BCUT2D eigenvalue weighted by atomic mass is 19.3. The third kappa shape index (κ3) is 2.66. The predicted octanol–water partition coefficient (Wildman–Crippen LogP) is 0.994. The van der Waals surface area contributed by atoms with Gasteiger partial charge in [-0.3, -0.25) is 4.79 Å². The zero-order chi connectivity index (χ0) is 12.9. The van der Waals surface area contributed by atoms with E-state index < -0.39 is 29.4 Å². The van der Waals surface area contributed by atoms with Gasteiger partial charge in [-0.05, 0) is 0 Å². The van der Waals surface area contributed by atoms with Crippen molar-refractivity contribution in [1.29, 1.82) is 5.26 Å². The van der Waals surface area contributed by atoms with Gasteiger partial charge in [0.15, 0.2) is 5.71 Å². The maximum absolute atomic E-state index is 12.8. The SMILES string of the molecule is CNC(=O)C(C(F)F)C(C)(C)C(C#N)=NO. The second kappa shape index (κ2) is 5.39. The van der Waals surface area contributed by atoms with E-state index in [0.717, 1.165) is 0 Å². The average Bonchev–Trinajstić information content (AvgIpc) is 2.17. The molecule has 0 spiro atoms. The van der Waals surface area contributed by atoms with Gasteiger partial charge < -0.3 is 10.5 Å². The van der Waals surface area contributed by atoms with Crippen molar-refractivity contribution in [3.8, 4) is 6.07 Å². The van der Waals surface area contributed by atoms with Crippen molar-refractivity contribution in [2.24, 2.45) is 16.5 Å². The molecule has 1 unspecified atom stereocenters. The van der Waals surface area contributed by atoms with Gasteiger partial charge in [0.25, 0.3) is 6.43 Å². The number of oxime groups is 1. The Hall–Kier alpha value is -1.71. The highest BCUT2D eigenvalue weighted by Gasteiger charge is 2.45. The van der Waals surface area contributed by atoms with Gasteiger partial charge in [0, 0.05) is 12.5 Å². The quantitative estimate of drug-likeness (QED) is 0.431. The van der Waals surface area contributed by atoms with Crippen molar-refractivity contribution < 1.29 is 18.8 Å². The van der Waals surface area contributed by atoms with Crippen LogP contribution in [-0.4, -0.2) is 30.3 Å². The number of amides is 1. The number of nitrogens with one attached hydrogen (secondary N) is 1. The van der Waals surface area contributed by atoms with E-state index >= 15 is 0 Å². The van der Waals surface area contributed by atoms with Crippen LogP contribution in [0.25, 0.3) is 0 Å². The minimum Gasteiger partial charge on any atom is -0.410 e. The normalized spacial score (nSPS) is 14.4. The largest absolute Gasteiger partial charge is 0.410 e. The minimum absolute atomic E-state index is 0.513. The van der Waals surface area contributed by atoms with Crippen LogP contribution in [0.1, 0.15) is 13.8 Å². The topological polar surface area (TPSA) is 85.5 Å². The summed E-state index contributed by atoms with van der Waals surface area (Å²) in [6, 6.07) is 1.49. The monoisotopic (exact) mass is 233 g/mol. The molecule has 0 aromatic heterocycles. The summed E-state index contributed by atoms with van der Waals surface area (Å²) in [6.45, 7) is 2.49. The molecular weight excluding hydrogens is 220 g/mol. The van der Waals surface area contributed by atoms with E-state index in [-0.39, 0.29) is 0 Å². The molecule has 0 aromatic carbocycles. The molecule has 2 N–H and O–H groups in total. The van der Waals surface area contributed by atoms with Crippen LogP contribution in [0.2, 0.25) is 0 Å². The highest BCUT2D eigenvalue weighted by molar-refractivity contribution is 6.04. The Labute approximate surface area is 91.7 Å². The van der Waals surface area contributed by atoms with Crippen LogP contribution in [0.5, 0.6) is 0 Å². The number of alkyl halides is 2. The fourth-order valence-corrected chi connectivity index (χ4v) is 1.36. The Balaban J connectivity index is 5.38. The second-order valence-electron chi connectivity index (χ2n) is 3.71. The number of halogens is 2. The van der Waals surface area contributed by atoms with Crippen LogP contribution in [0.15, 0.2) is 5.16 Å². The molecule has 0 heterocycles. The van der Waals surface area contributed by atoms with Crippen molar-refractivity contribution in [3.63, 3.8) is 0 Å². The molecule has 5 nitrogen and oxygen atoms in total. The third-order valence-electron chi connectivity index (χ3n) is 2.37. The van der Waals surface area contributed by atoms with Gasteiger partial charge in [0.1, 0.15) is 12.0 Å². The fourth-order valence-electron chi connectivity index (χ4n) is 1.36. The molecular formula is C9H13F2N3O2. The van der Waals surface area contributed by atoms with Crippen molar-refractivity contribution in [1.82, 2.24) is 5.32 Å². The van der Waals surface area contributed by atoms with E-state index in [4.69, 9.17) is 10.5 Å². The summed E-state index contributed by atoms with van der Waals surface area (Å²) in [4.78, 5) is 11.3. The Bertz CT molecular complexity index is 334. The Kier molecular flexibility index (Phi) is 4.82. The lowest BCUT2D eigenvalue weighted by Crippen LogP contribution is -2.45. The van der Waals surface area contributed by atoms with Gasteiger partial charge in [-0.15, -0.1) is 0 Å². The van der Waals surface area contributed by atoms with E-state index in [1.54, 1.807) is 0 Å². The number of rotatable bonds is 4. The second-order valence-corrected chi connectivity index (χ2v) is 3.71. The summed E-state index contributed by atoms with van der Waals surface area (Å²) in [6.07, 6.45) is -2.96. The first-order valence-electron chi connectivity index (χ1n) is 4.45. The van der Waals surface area contributed by atoms with E-state index in [0.29, 0.717) is 0 Å². The van der Waals surface area contributed by atoms with E-state index in [2.05, 4.69) is 10.5 Å². The summed E-state index contributed by atoms with van der Waals surface area (Å²) in [5.74, 6) is -2.65. The molecule has 0 saturated carbocycles. The molecule has 7 heteroatoms. The first kappa shape index (κ1) is 14.3. The first-order valence-corrected chi connectivity index (χ1v) is 4.45. The van der Waals surface area contributed by atoms with Crippen molar-refractivity contribution >= 4 is 11.6 Å². The highest BCUT2D eigenvalue weighted by Crippen LogP contribution is 2.33. The first-order chi connectivity index (χ1) is 7.32. The lowest BCUT2D eigenvalue weighted by Gasteiger charge is -2.30. The molecule has 0 aliphatic heterocycles. The van der Waals surface area contributed by atoms with Crippen molar-refractivity contribution in [2.75, 3.05) is 7.05 Å². The molecule has 1 amide bonds. The molecule has 0 aromatic rings. The summed E-state index contributed by atoms with van der Waals surface area (Å²) in [5, 5.41) is 21.9. The number of carbonyl (C=O) groups excluding carboxylic acids is 1. The lowest BCUT2D eigenvalue weighted by molar-refractivity contribution is -0.133. The van der Waals surface area contributed by atoms with Gasteiger partial charge in [0.2, 0.25) is 5.91 Å². The molecule has 0 fully saturated rings. The smallest absolute Gasteiger partial charge is 0.251 e. The number of hydrogen-bond acceptors (Lipinski definition) is 4. The lowest BCUT2D eigenvalue weighted by atomic mass is 9.74. The maximum Gasteiger partial charge on any atom is 0.251 e. The third-order valence-corrected chi connectivity index (χ3v) is 2.37. The van der Waals surface area contributed by atoms with Gasteiger partial charge >= 0.3 is 0 Å². The minimum atomic E-state index is -2.96. The molecule has 0 aliphatic rings. The number of carbonyl (C=O) groups is 1. The van der Waals surface area contributed by atoms with Crippen molar-refractivity contribution in [3.05, 3.63) is 0 Å². The van der Waals surface area contributed by atoms with Gasteiger partial charge in [-0.2, -0.15) is 5.26 Å². The molecule has 0 rings (SSSR count). The van der Waals surface area contributed by atoms with E-state index in [9.17, 15) is 13.6 Å². The van der Waals surface area contributed by atoms with Gasteiger partial charge in [-0.1, -0.05) is 19.0 Å². The van der Waals surface area contributed by atoms with Crippen LogP contribution >= 0.6 is 0 Å². The molecule has 90 valence electrons. The molecule has 16 heavy (non-hydrogen) atoms. The zero-order valence-corrected chi connectivity index (χ0v) is 9.16. The van der Waals surface area contributed by atoms with Gasteiger partial charge in [0.05, 0.1) is 0 Å².